The molecule has 110 valence electrons. The van der Waals surface area contributed by atoms with Crippen molar-refractivity contribution < 1.29 is 0 Å². The molecule has 0 aliphatic carbocycles. The molecule has 0 bridgehead atoms. The average molecular weight is 281 g/mol. The highest BCUT2D eigenvalue weighted by atomic mass is 14.9. The van der Waals surface area contributed by atoms with Crippen molar-refractivity contribution in [2.45, 2.75) is 13.8 Å². The molecular formula is C18H23N3. The molecule has 0 aliphatic rings. The molecule has 0 aromatic heterocycles. The lowest BCUT2D eigenvalue weighted by molar-refractivity contribution is 1.42. The van der Waals surface area contributed by atoms with Crippen LogP contribution in [0.1, 0.15) is 13.8 Å². The first-order valence-electron chi connectivity index (χ1n) is 6.87. The lowest BCUT2D eigenvalue weighted by Gasteiger charge is -2.10. The van der Waals surface area contributed by atoms with Crippen LogP contribution in [-0.4, -0.2) is 0 Å². The van der Waals surface area contributed by atoms with Crippen molar-refractivity contribution in [3.63, 3.8) is 0 Å². The van der Waals surface area contributed by atoms with E-state index in [-0.39, 0.29) is 0 Å². The second-order valence-electron chi connectivity index (χ2n) is 4.28. The van der Waals surface area contributed by atoms with Crippen LogP contribution in [0.5, 0.6) is 0 Å². The first-order chi connectivity index (χ1) is 10.2. The molecule has 0 saturated heterocycles. The van der Waals surface area contributed by atoms with E-state index in [1.807, 2.05) is 62.4 Å². The molecule has 0 atom stereocenters. The monoisotopic (exact) mass is 281 g/mol. The molecule has 21 heavy (non-hydrogen) atoms. The van der Waals surface area contributed by atoms with Gasteiger partial charge in [0, 0.05) is 22.8 Å². The molecule has 3 heteroatoms. The van der Waals surface area contributed by atoms with Crippen LogP contribution >= 0.6 is 0 Å². The molecule has 3 nitrogen and oxygen atoms in total. The summed E-state index contributed by atoms with van der Waals surface area (Å²) in [6, 6.07) is 8.06. The molecule has 0 amide bonds. The van der Waals surface area contributed by atoms with Gasteiger partial charge in [0.25, 0.3) is 0 Å². The fourth-order valence-corrected chi connectivity index (χ4v) is 1.68. The highest BCUT2D eigenvalue weighted by Crippen LogP contribution is 2.17. The van der Waals surface area contributed by atoms with Gasteiger partial charge in [-0.25, -0.2) is 0 Å². The van der Waals surface area contributed by atoms with Gasteiger partial charge >= 0.3 is 0 Å². The molecule has 0 radical (unpaired) electrons. The maximum Gasteiger partial charge on any atom is 0.0385 e. The van der Waals surface area contributed by atoms with Gasteiger partial charge in [0.2, 0.25) is 0 Å². The molecule has 0 fully saturated rings. The lowest BCUT2D eigenvalue weighted by Crippen LogP contribution is -1.98. The zero-order valence-corrected chi connectivity index (χ0v) is 12.6. The minimum atomic E-state index is 0.889. The topological polar surface area (TPSA) is 50.1 Å². The summed E-state index contributed by atoms with van der Waals surface area (Å²) >= 11 is 0. The van der Waals surface area contributed by atoms with Gasteiger partial charge in [0.05, 0.1) is 0 Å². The maximum atomic E-state index is 5.32. The predicted molar refractivity (Wildman–Crippen MR) is 93.9 cm³/mol. The number of anilines is 2. The number of nitrogens with two attached hydrogens (primary N) is 1. The Morgan fingerprint density at radius 3 is 2.05 bits per heavy atom. The Bertz CT molecular complexity index is 561. The summed E-state index contributed by atoms with van der Waals surface area (Å²) in [5.41, 5.74) is 9.31. The molecule has 1 aromatic carbocycles. The van der Waals surface area contributed by atoms with Crippen molar-refractivity contribution in [2.75, 3.05) is 10.6 Å². The zero-order chi connectivity index (χ0) is 15.5. The number of allylic oxidation sites excluding steroid dienone is 6. The van der Waals surface area contributed by atoms with E-state index in [1.54, 1.807) is 12.2 Å². The van der Waals surface area contributed by atoms with Crippen LogP contribution < -0.4 is 16.4 Å². The van der Waals surface area contributed by atoms with Crippen molar-refractivity contribution in [1.82, 2.24) is 0 Å². The molecule has 4 N–H and O–H groups in total. The van der Waals surface area contributed by atoms with Crippen LogP contribution in [0.3, 0.4) is 0 Å². The number of hydrogen-bond acceptors (Lipinski definition) is 3. The molecule has 0 spiro atoms. The van der Waals surface area contributed by atoms with Crippen LogP contribution in [-0.2, 0) is 0 Å². The largest absolute Gasteiger partial charge is 0.405 e. The van der Waals surface area contributed by atoms with Crippen molar-refractivity contribution in [3.05, 3.63) is 84.9 Å². The van der Waals surface area contributed by atoms with Crippen molar-refractivity contribution in [1.29, 1.82) is 0 Å². The van der Waals surface area contributed by atoms with E-state index in [4.69, 9.17) is 5.73 Å². The van der Waals surface area contributed by atoms with Gasteiger partial charge in [0.1, 0.15) is 0 Å². The van der Waals surface area contributed by atoms with Crippen LogP contribution in [0.4, 0.5) is 11.4 Å². The second kappa shape index (κ2) is 9.26. The smallest absolute Gasteiger partial charge is 0.0385 e. The molecular weight excluding hydrogens is 258 g/mol. The Balaban J connectivity index is 2.76. The van der Waals surface area contributed by atoms with Crippen molar-refractivity contribution in [2.24, 2.45) is 5.73 Å². The van der Waals surface area contributed by atoms with Crippen LogP contribution in [0, 0.1) is 0 Å². The Labute approximate surface area is 127 Å². The van der Waals surface area contributed by atoms with E-state index in [0.29, 0.717) is 0 Å². The summed E-state index contributed by atoms with van der Waals surface area (Å²) in [5, 5.41) is 6.61. The molecule has 0 heterocycles. The third-order valence-electron chi connectivity index (χ3n) is 2.73. The van der Waals surface area contributed by atoms with Crippen LogP contribution in [0.25, 0.3) is 0 Å². The highest BCUT2D eigenvalue weighted by molar-refractivity contribution is 5.59. The van der Waals surface area contributed by atoms with Gasteiger partial charge in [-0.15, -0.1) is 0 Å². The van der Waals surface area contributed by atoms with E-state index >= 15 is 0 Å². The summed E-state index contributed by atoms with van der Waals surface area (Å²) in [6.45, 7) is 7.77. The highest BCUT2D eigenvalue weighted by Gasteiger charge is 1.96. The van der Waals surface area contributed by atoms with Gasteiger partial charge in [0.15, 0.2) is 0 Å². The number of hydrogen-bond donors (Lipinski definition) is 3. The first-order valence-corrected chi connectivity index (χ1v) is 6.87. The summed E-state index contributed by atoms with van der Waals surface area (Å²) in [6.07, 6.45) is 12.9. The second-order valence-corrected chi connectivity index (χ2v) is 4.28. The first kappa shape index (κ1) is 16.4. The molecule has 1 aromatic rings. The lowest BCUT2D eigenvalue weighted by atomic mass is 10.2. The molecule has 1 rings (SSSR count). The van der Waals surface area contributed by atoms with Gasteiger partial charge in [-0.3, -0.25) is 0 Å². The van der Waals surface area contributed by atoms with E-state index in [0.717, 1.165) is 22.8 Å². The van der Waals surface area contributed by atoms with Gasteiger partial charge < -0.3 is 16.4 Å². The normalized spacial score (nSPS) is 12.9. The van der Waals surface area contributed by atoms with E-state index in [9.17, 15) is 0 Å². The summed E-state index contributed by atoms with van der Waals surface area (Å²) in [5.74, 6) is 0. The Morgan fingerprint density at radius 2 is 1.62 bits per heavy atom. The fraction of sp³-hybridized carbons (Fsp3) is 0.111. The number of benzene rings is 1. The van der Waals surface area contributed by atoms with Crippen molar-refractivity contribution in [3.8, 4) is 0 Å². The van der Waals surface area contributed by atoms with E-state index < -0.39 is 0 Å². The summed E-state index contributed by atoms with van der Waals surface area (Å²) < 4.78 is 0. The zero-order valence-electron chi connectivity index (χ0n) is 12.6. The Morgan fingerprint density at radius 1 is 1.05 bits per heavy atom. The third kappa shape index (κ3) is 5.87. The van der Waals surface area contributed by atoms with Gasteiger partial charge in [-0.05, 0) is 68.6 Å². The fourth-order valence-electron chi connectivity index (χ4n) is 1.68. The standard InChI is InChI=1S/C18H23N3/c1-4-8-15(5-2)20-17-10-12-18(13-11-17)21-16(6-3)9-7-14-19/h4-14,20-21H,3,19H2,1-2H3/b8-4-,14-7+,15-5+,16-9+. The minimum Gasteiger partial charge on any atom is -0.405 e. The van der Waals surface area contributed by atoms with E-state index in [2.05, 4.69) is 17.2 Å². The average Bonchev–Trinajstić information content (AvgIpc) is 2.52. The summed E-state index contributed by atoms with van der Waals surface area (Å²) in [4.78, 5) is 0. The van der Waals surface area contributed by atoms with Gasteiger partial charge in [-0.1, -0.05) is 18.7 Å². The third-order valence-corrected chi connectivity index (χ3v) is 2.73. The number of nitrogens with one attached hydrogen (secondary N) is 2. The van der Waals surface area contributed by atoms with Crippen molar-refractivity contribution >= 4 is 11.4 Å². The van der Waals surface area contributed by atoms with E-state index in [1.165, 1.54) is 6.20 Å². The Hall–Kier alpha value is -2.68. The predicted octanol–water partition coefficient (Wildman–Crippen LogP) is 4.53. The number of rotatable bonds is 7. The summed E-state index contributed by atoms with van der Waals surface area (Å²) in [7, 11) is 0. The molecule has 0 unspecified atom stereocenters. The minimum absolute atomic E-state index is 0.889. The SMILES string of the molecule is C=C/C(=C\C=C\N)Nc1ccc(NC(/C=C\C)=C/C)cc1. The molecule has 0 aliphatic heterocycles. The molecule has 0 saturated carbocycles. The van der Waals surface area contributed by atoms with Crippen LogP contribution in [0.15, 0.2) is 84.9 Å². The Kier molecular flexibility index (Phi) is 7.22. The van der Waals surface area contributed by atoms with Gasteiger partial charge in [-0.2, -0.15) is 0 Å². The van der Waals surface area contributed by atoms with Crippen LogP contribution in [0.2, 0.25) is 0 Å². The quantitative estimate of drug-likeness (QED) is 0.643. The maximum absolute atomic E-state index is 5.32.